The van der Waals surface area contributed by atoms with Gasteiger partial charge in [0.2, 0.25) is 0 Å². The minimum absolute atomic E-state index is 0.243. The fourth-order valence-corrected chi connectivity index (χ4v) is 3.61. The van der Waals surface area contributed by atoms with Gasteiger partial charge in [-0.05, 0) is 24.3 Å². The molecule has 0 aliphatic carbocycles. The van der Waals surface area contributed by atoms with Crippen LogP contribution in [0.25, 0.3) is 5.57 Å². The van der Waals surface area contributed by atoms with Gasteiger partial charge < -0.3 is 14.2 Å². The van der Waals surface area contributed by atoms with Crippen LogP contribution in [0.2, 0.25) is 0 Å². The number of hydrogen-bond acceptors (Lipinski definition) is 4. The Balaban J connectivity index is 1.99. The van der Waals surface area contributed by atoms with E-state index in [2.05, 4.69) is 0 Å². The summed E-state index contributed by atoms with van der Waals surface area (Å²) in [5.41, 5.74) is 3.74. The van der Waals surface area contributed by atoms with Crippen molar-refractivity contribution in [3.05, 3.63) is 95.9 Å². The molecule has 3 aromatic carbocycles. The van der Waals surface area contributed by atoms with E-state index in [0.29, 0.717) is 11.3 Å². The van der Waals surface area contributed by atoms with Crippen LogP contribution in [0.15, 0.2) is 84.8 Å². The fraction of sp³-hybridized carbons (Fsp3) is 0.0476. The monoisotopic (exact) mass is 395 g/mol. The van der Waals surface area contributed by atoms with Gasteiger partial charge in [0.05, 0.1) is 5.57 Å². The third-order valence-corrected chi connectivity index (χ3v) is 4.83. The SMILES string of the molecule is CN1c2ccccc2C(=C(Oc2ccccc2)OP(=O)(O)O)c2ccccc21. The Labute approximate surface area is 162 Å². The fourth-order valence-electron chi connectivity index (χ4n) is 3.27. The average molecular weight is 395 g/mol. The van der Waals surface area contributed by atoms with Gasteiger partial charge in [0.15, 0.2) is 0 Å². The van der Waals surface area contributed by atoms with Crippen LogP contribution in [0.4, 0.5) is 11.4 Å². The average Bonchev–Trinajstić information content (AvgIpc) is 2.68. The highest BCUT2D eigenvalue weighted by Crippen LogP contribution is 2.49. The van der Waals surface area contributed by atoms with Crippen LogP contribution in [-0.2, 0) is 9.09 Å². The van der Waals surface area contributed by atoms with Crippen LogP contribution in [0.3, 0.4) is 0 Å². The summed E-state index contributed by atoms with van der Waals surface area (Å²) in [4.78, 5) is 21.0. The molecule has 4 rings (SSSR count). The smallest absolute Gasteiger partial charge is 0.426 e. The van der Waals surface area contributed by atoms with Gasteiger partial charge in [-0.15, -0.1) is 0 Å². The summed E-state index contributed by atoms with van der Waals surface area (Å²) in [5, 5.41) is 0. The molecule has 0 fully saturated rings. The number of anilines is 2. The highest BCUT2D eigenvalue weighted by molar-refractivity contribution is 7.46. The van der Waals surface area contributed by atoms with E-state index in [1.807, 2.05) is 66.5 Å². The Morgan fingerprint density at radius 2 is 1.32 bits per heavy atom. The van der Waals surface area contributed by atoms with Crippen LogP contribution >= 0.6 is 7.82 Å². The molecule has 1 heterocycles. The largest absolute Gasteiger partial charge is 0.527 e. The molecule has 6 nitrogen and oxygen atoms in total. The first-order chi connectivity index (χ1) is 13.4. The van der Waals surface area contributed by atoms with Crippen LogP contribution in [-0.4, -0.2) is 16.8 Å². The minimum atomic E-state index is -4.86. The summed E-state index contributed by atoms with van der Waals surface area (Å²) in [6.07, 6.45) is 0. The van der Waals surface area contributed by atoms with Gasteiger partial charge in [0, 0.05) is 29.5 Å². The molecule has 0 bridgehead atoms. The topological polar surface area (TPSA) is 79.2 Å². The third kappa shape index (κ3) is 3.53. The van der Waals surface area contributed by atoms with E-state index in [1.54, 1.807) is 24.3 Å². The molecule has 28 heavy (non-hydrogen) atoms. The summed E-state index contributed by atoms with van der Waals surface area (Å²) < 4.78 is 22.6. The predicted molar refractivity (Wildman–Crippen MR) is 107 cm³/mol. The number of ether oxygens (including phenoxy) is 1. The molecule has 2 N–H and O–H groups in total. The molecule has 0 saturated heterocycles. The lowest BCUT2D eigenvalue weighted by atomic mass is 9.91. The quantitative estimate of drug-likeness (QED) is 0.494. The minimum Gasteiger partial charge on any atom is -0.426 e. The van der Waals surface area contributed by atoms with Crippen molar-refractivity contribution in [1.82, 2.24) is 0 Å². The van der Waals surface area contributed by atoms with Crippen molar-refractivity contribution < 1.29 is 23.6 Å². The number of phosphoric ester groups is 1. The lowest BCUT2D eigenvalue weighted by Gasteiger charge is -2.32. The maximum Gasteiger partial charge on any atom is 0.527 e. The van der Waals surface area contributed by atoms with E-state index in [9.17, 15) is 14.4 Å². The van der Waals surface area contributed by atoms with Crippen LogP contribution < -0.4 is 9.64 Å². The molecule has 1 aliphatic rings. The molecule has 0 saturated carbocycles. The molecule has 3 aromatic rings. The predicted octanol–water partition coefficient (Wildman–Crippen LogP) is 4.67. The molecular formula is C21H18NO5P. The van der Waals surface area contributed by atoms with Crippen molar-refractivity contribution in [2.45, 2.75) is 0 Å². The number of fused-ring (bicyclic) bond motifs is 2. The van der Waals surface area contributed by atoms with Crippen LogP contribution in [0.5, 0.6) is 5.75 Å². The number of rotatable bonds is 4. The zero-order chi connectivity index (χ0) is 19.7. The van der Waals surface area contributed by atoms with E-state index < -0.39 is 7.82 Å². The van der Waals surface area contributed by atoms with Gasteiger partial charge in [0.25, 0.3) is 0 Å². The zero-order valence-corrected chi connectivity index (χ0v) is 15.9. The van der Waals surface area contributed by atoms with E-state index in [0.717, 1.165) is 22.5 Å². The normalized spacial score (nSPS) is 12.8. The van der Waals surface area contributed by atoms with Crippen molar-refractivity contribution in [1.29, 1.82) is 0 Å². The van der Waals surface area contributed by atoms with Gasteiger partial charge in [-0.25, -0.2) is 4.57 Å². The Hall–Kier alpha value is -3.05. The molecule has 142 valence electrons. The summed E-state index contributed by atoms with van der Waals surface area (Å²) in [5.74, 6) is 0.167. The molecule has 7 heteroatoms. The number of nitrogens with zero attached hydrogens (tertiary/aromatic N) is 1. The second-order valence-electron chi connectivity index (χ2n) is 6.25. The maximum absolute atomic E-state index is 11.7. The van der Waals surface area contributed by atoms with E-state index in [4.69, 9.17) is 9.26 Å². The highest BCUT2D eigenvalue weighted by atomic mass is 31.2. The van der Waals surface area contributed by atoms with Crippen molar-refractivity contribution in [3.8, 4) is 5.75 Å². The second kappa shape index (κ2) is 7.17. The lowest BCUT2D eigenvalue weighted by Crippen LogP contribution is -2.19. The van der Waals surface area contributed by atoms with Gasteiger partial charge in [-0.3, -0.25) is 9.79 Å². The summed E-state index contributed by atoms with van der Waals surface area (Å²) in [6.45, 7) is 0. The number of phosphoric acid groups is 1. The maximum atomic E-state index is 11.7. The van der Waals surface area contributed by atoms with E-state index in [1.165, 1.54) is 0 Å². The molecule has 0 spiro atoms. The van der Waals surface area contributed by atoms with Crippen molar-refractivity contribution in [2.24, 2.45) is 0 Å². The Morgan fingerprint density at radius 3 is 1.86 bits per heavy atom. The van der Waals surface area contributed by atoms with Gasteiger partial charge >= 0.3 is 13.8 Å². The first-order valence-corrected chi connectivity index (χ1v) is 10.1. The lowest BCUT2D eigenvalue weighted by molar-refractivity contribution is 0.167. The highest BCUT2D eigenvalue weighted by Gasteiger charge is 2.31. The Morgan fingerprint density at radius 1 is 0.821 bits per heavy atom. The van der Waals surface area contributed by atoms with Crippen LogP contribution in [0, 0.1) is 0 Å². The molecule has 0 unspecified atom stereocenters. The molecule has 1 aliphatic heterocycles. The van der Waals surface area contributed by atoms with Gasteiger partial charge in [0.1, 0.15) is 5.75 Å². The second-order valence-corrected chi connectivity index (χ2v) is 7.42. The molecule has 0 atom stereocenters. The van der Waals surface area contributed by atoms with Gasteiger partial charge in [-0.1, -0.05) is 54.6 Å². The van der Waals surface area contributed by atoms with Crippen molar-refractivity contribution >= 4 is 24.8 Å². The van der Waals surface area contributed by atoms with Crippen LogP contribution in [0.1, 0.15) is 11.1 Å². The summed E-state index contributed by atoms with van der Waals surface area (Å²) in [7, 11) is -2.92. The van der Waals surface area contributed by atoms with Crippen molar-refractivity contribution in [2.75, 3.05) is 11.9 Å². The van der Waals surface area contributed by atoms with Gasteiger partial charge in [-0.2, -0.15) is 0 Å². The Bertz CT molecular complexity index is 1040. The van der Waals surface area contributed by atoms with E-state index >= 15 is 0 Å². The first kappa shape index (κ1) is 18.3. The number of hydrogen-bond donors (Lipinski definition) is 2. The zero-order valence-electron chi connectivity index (χ0n) is 15.0. The van der Waals surface area contributed by atoms with E-state index in [-0.39, 0.29) is 5.95 Å². The molecule has 0 aromatic heterocycles. The molecule has 0 amide bonds. The number of para-hydroxylation sites is 3. The third-order valence-electron chi connectivity index (χ3n) is 4.43. The molecular weight excluding hydrogens is 377 g/mol. The van der Waals surface area contributed by atoms with Crippen molar-refractivity contribution in [3.63, 3.8) is 0 Å². The Kier molecular flexibility index (Phi) is 4.69. The number of benzene rings is 3. The summed E-state index contributed by atoms with van der Waals surface area (Å²) in [6, 6.07) is 23.9. The molecule has 0 radical (unpaired) electrons. The summed E-state index contributed by atoms with van der Waals surface area (Å²) >= 11 is 0. The first-order valence-electron chi connectivity index (χ1n) is 8.59. The standard InChI is InChI=1S/C21H18NO5P/c1-22-18-13-7-5-11-16(18)20(17-12-6-8-14-19(17)22)21(27-28(23,24)25)26-15-9-3-2-4-10-15/h2-14H,1H3,(H2,23,24,25).